The van der Waals surface area contributed by atoms with E-state index in [-0.39, 0.29) is 21.2 Å². The Morgan fingerprint density at radius 1 is 0.724 bits per heavy atom. The van der Waals surface area contributed by atoms with Gasteiger partial charge in [-0.3, -0.25) is 4.55 Å². The number of aromatic hydroxyl groups is 2. The molecule has 5 nitrogen and oxygen atoms in total. The van der Waals surface area contributed by atoms with E-state index >= 15 is 0 Å². The Balaban J connectivity index is 2.70. The maximum Gasteiger partial charge on any atom is 0.283 e. The zero-order valence-electron chi connectivity index (χ0n) is 14.3. The van der Waals surface area contributed by atoms with Crippen LogP contribution >= 0.6 is 46.4 Å². The molecule has 0 bridgehead atoms. The molecule has 0 aliphatic carbocycles. The summed E-state index contributed by atoms with van der Waals surface area (Å²) < 4.78 is 34.0. The number of rotatable bonds is 4. The summed E-state index contributed by atoms with van der Waals surface area (Å²) in [6, 6.07) is 12.5. The molecule has 1 unspecified atom stereocenters. The molecule has 10 heteroatoms. The van der Waals surface area contributed by atoms with Crippen molar-refractivity contribution in [3.05, 3.63) is 91.4 Å². The minimum Gasteiger partial charge on any atom is -0.507 e. The van der Waals surface area contributed by atoms with Crippen molar-refractivity contribution in [1.82, 2.24) is 0 Å². The van der Waals surface area contributed by atoms with Crippen molar-refractivity contribution in [2.24, 2.45) is 0 Å². The van der Waals surface area contributed by atoms with Crippen LogP contribution in [0, 0.1) is 0 Å². The van der Waals surface area contributed by atoms with Crippen LogP contribution in [0.3, 0.4) is 0 Å². The van der Waals surface area contributed by atoms with Crippen LogP contribution in [0.2, 0.25) is 20.1 Å². The first-order valence-electron chi connectivity index (χ1n) is 7.91. The van der Waals surface area contributed by atoms with Gasteiger partial charge in [-0.05, 0) is 17.7 Å². The maximum atomic E-state index is 13.0. The summed E-state index contributed by atoms with van der Waals surface area (Å²) >= 11 is 25.0. The van der Waals surface area contributed by atoms with Crippen molar-refractivity contribution in [3.63, 3.8) is 0 Å². The van der Waals surface area contributed by atoms with Crippen molar-refractivity contribution >= 4 is 56.5 Å². The van der Waals surface area contributed by atoms with Crippen LogP contribution in [0.5, 0.6) is 11.5 Å². The summed E-state index contributed by atoms with van der Waals surface area (Å²) in [6.07, 6.45) is 0. The molecule has 0 aromatic heterocycles. The molecule has 3 rings (SSSR count). The maximum absolute atomic E-state index is 13.0. The van der Waals surface area contributed by atoms with E-state index in [9.17, 15) is 23.2 Å². The van der Waals surface area contributed by atoms with Crippen LogP contribution in [-0.2, 0) is 14.9 Å². The van der Waals surface area contributed by atoms with Gasteiger partial charge in [-0.15, -0.1) is 0 Å². The predicted molar refractivity (Wildman–Crippen MR) is 114 cm³/mol. The quantitative estimate of drug-likeness (QED) is 0.311. The van der Waals surface area contributed by atoms with Crippen molar-refractivity contribution in [2.45, 2.75) is 4.75 Å². The number of phenols is 2. The molecule has 3 N–H and O–H groups in total. The summed E-state index contributed by atoms with van der Waals surface area (Å²) in [5, 5.41) is 19.4. The minimum atomic E-state index is -5.16. The standard InChI is InChI=1S/C19H12Cl4O5S/c20-11-7-4-8-12(21)15(11)19(29(26,27)28,10-5-2-1-3-6-10)16-13(24)9-14(25)17(22)18(16)23/h1-9,24-25H,(H,26,27,28). The minimum absolute atomic E-state index is 0.0172. The molecule has 3 aromatic carbocycles. The molecular formula is C19H12Cl4O5S. The smallest absolute Gasteiger partial charge is 0.283 e. The lowest BCUT2D eigenvalue weighted by Crippen LogP contribution is -2.39. The van der Waals surface area contributed by atoms with E-state index in [0.717, 1.165) is 6.07 Å². The number of benzene rings is 3. The van der Waals surface area contributed by atoms with Gasteiger partial charge >= 0.3 is 0 Å². The third kappa shape index (κ3) is 3.44. The number of hydrogen-bond donors (Lipinski definition) is 3. The number of phenolic OH excluding ortho intramolecular Hbond substituents is 2. The van der Waals surface area contributed by atoms with Gasteiger partial charge < -0.3 is 10.2 Å². The van der Waals surface area contributed by atoms with Crippen LogP contribution in [-0.4, -0.2) is 23.2 Å². The van der Waals surface area contributed by atoms with Crippen molar-refractivity contribution in [2.75, 3.05) is 0 Å². The molecule has 0 heterocycles. The Bertz CT molecular complexity index is 1180. The molecule has 0 spiro atoms. The van der Waals surface area contributed by atoms with Gasteiger partial charge in [-0.25, -0.2) is 0 Å². The highest BCUT2D eigenvalue weighted by molar-refractivity contribution is 7.87. The second-order valence-corrected chi connectivity index (χ2v) is 9.17. The van der Waals surface area contributed by atoms with Gasteiger partial charge in [-0.1, -0.05) is 82.8 Å². The molecule has 29 heavy (non-hydrogen) atoms. The summed E-state index contributed by atoms with van der Waals surface area (Å²) in [5.74, 6) is -1.32. The average Bonchev–Trinajstić information content (AvgIpc) is 2.64. The molecule has 0 radical (unpaired) electrons. The van der Waals surface area contributed by atoms with E-state index in [1.165, 1.54) is 42.5 Å². The SMILES string of the molecule is O=S(=O)(O)C(c1ccccc1)(c1c(Cl)cccc1Cl)c1c(O)cc(O)c(Cl)c1Cl. The van der Waals surface area contributed by atoms with E-state index in [4.69, 9.17) is 46.4 Å². The van der Waals surface area contributed by atoms with Gasteiger partial charge in [-0.2, -0.15) is 8.42 Å². The fourth-order valence-corrected chi connectivity index (χ4v) is 5.97. The monoisotopic (exact) mass is 492 g/mol. The van der Waals surface area contributed by atoms with Gasteiger partial charge in [0.05, 0.1) is 5.02 Å². The van der Waals surface area contributed by atoms with E-state index in [0.29, 0.717) is 0 Å². The zero-order chi connectivity index (χ0) is 21.6. The molecule has 152 valence electrons. The third-order valence-corrected chi connectivity index (χ3v) is 7.31. The van der Waals surface area contributed by atoms with Gasteiger partial charge in [0, 0.05) is 27.2 Å². The Labute approximate surface area is 186 Å². The number of halogens is 4. The highest BCUT2D eigenvalue weighted by Crippen LogP contribution is 2.55. The highest BCUT2D eigenvalue weighted by Gasteiger charge is 2.54. The second-order valence-electron chi connectivity index (χ2n) is 6.04. The van der Waals surface area contributed by atoms with Crippen molar-refractivity contribution < 1.29 is 23.2 Å². The molecule has 0 aliphatic rings. The summed E-state index contributed by atoms with van der Waals surface area (Å²) in [4.78, 5) is 0. The lowest BCUT2D eigenvalue weighted by atomic mass is 9.83. The predicted octanol–water partition coefficient (Wildman–Crippen LogP) is 5.89. The van der Waals surface area contributed by atoms with Gasteiger partial charge in [0.25, 0.3) is 10.1 Å². The van der Waals surface area contributed by atoms with Gasteiger partial charge in [0.1, 0.15) is 16.5 Å². The van der Waals surface area contributed by atoms with E-state index in [2.05, 4.69) is 0 Å². The van der Waals surface area contributed by atoms with Gasteiger partial charge in [0.2, 0.25) is 0 Å². The van der Waals surface area contributed by atoms with Crippen LogP contribution in [0.4, 0.5) is 0 Å². The molecule has 0 fully saturated rings. The van der Waals surface area contributed by atoms with Crippen LogP contribution in [0.25, 0.3) is 0 Å². The molecule has 0 amide bonds. The number of hydrogen-bond acceptors (Lipinski definition) is 4. The summed E-state index contributed by atoms with van der Waals surface area (Å²) in [6.45, 7) is 0. The van der Waals surface area contributed by atoms with E-state index in [1.807, 2.05) is 0 Å². The molecule has 0 saturated carbocycles. The van der Waals surface area contributed by atoms with Crippen LogP contribution in [0.1, 0.15) is 16.7 Å². The Kier molecular flexibility index (Phi) is 5.98. The largest absolute Gasteiger partial charge is 0.507 e. The van der Waals surface area contributed by atoms with Crippen LogP contribution < -0.4 is 0 Å². The fraction of sp³-hybridized carbons (Fsp3) is 0.0526. The molecule has 1 atom stereocenters. The Hall–Kier alpha value is -1.67. The van der Waals surface area contributed by atoms with Crippen molar-refractivity contribution in [3.8, 4) is 11.5 Å². The summed E-state index contributed by atoms with van der Waals surface area (Å²) in [7, 11) is -5.16. The van der Waals surface area contributed by atoms with E-state index in [1.54, 1.807) is 6.07 Å². The second kappa shape index (κ2) is 7.87. The first kappa shape index (κ1) is 22.0. The first-order valence-corrected chi connectivity index (χ1v) is 10.9. The van der Waals surface area contributed by atoms with Crippen molar-refractivity contribution in [1.29, 1.82) is 0 Å². The van der Waals surface area contributed by atoms with Gasteiger partial charge in [0.15, 0.2) is 4.75 Å². The lowest BCUT2D eigenvalue weighted by Gasteiger charge is -2.35. The van der Waals surface area contributed by atoms with E-state index < -0.39 is 42.0 Å². The molecule has 3 aromatic rings. The highest BCUT2D eigenvalue weighted by atomic mass is 35.5. The zero-order valence-corrected chi connectivity index (χ0v) is 18.1. The average molecular weight is 494 g/mol. The normalized spacial score (nSPS) is 13.8. The fourth-order valence-electron chi connectivity index (χ4n) is 3.26. The lowest BCUT2D eigenvalue weighted by molar-refractivity contribution is 0.431. The Morgan fingerprint density at radius 2 is 1.28 bits per heavy atom. The van der Waals surface area contributed by atoms with Crippen LogP contribution in [0.15, 0.2) is 54.6 Å². The molecule has 0 aliphatic heterocycles. The Morgan fingerprint density at radius 3 is 1.79 bits per heavy atom. The topological polar surface area (TPSA) is 94.8 Å². The first-order chi connectivity index (χ1) is 13.5. The summed E-state index contributed by atoms with van der Waals surface area (Å²) in [5.41, 5.74) is -0.766. The molecule has 0 saturated heterocycles. The third-order valence-electron chi connectivity index (χ3n) is 4.40. The molecular weight excluding hydrogens is 482 g/mol.